The second kappa shape index (κ2) is 7.19. The van der Waals surface area contributed by atoms with E-state index in [9.17, 15) is 17.8 Å². The average Bonchev–Trinajstić information content (AvgIpc) is 2.51. The van der Waals surface area contributed by atoms with E-state index < -0.39 is 16.3 Å². The van der Waals surface area contributed by atoms with E-state index in [1.165, 1.54) is 12.1 Å². The number of carbonyl (C=O) groups excluding carboxylic acids is 1. The molecule has 0 N–H and O–H groups in total. The number of hydrogen-bond acceptors (Lipinski definition) is 5. The Morgan fingerprint density at radius 1 is 1.00 bits per heavy atom. The first-order chi connectivity index (χ1) is 10.8. The van der Waals surface area contributed by atoms with Crippen LogP contribution in [0.2, 0.25) is 0 Å². The lowest BCUT2D eigenvalue weighted by Gasteiger charge is -2.21. The third kappa shape index (κ3) is 5.33. The molecule has 0 aliphatic carbocycles. The molecule has 0 heterocycles. The highest BCUT2D eigenvalue weighted by molar-refractivity contribution is 7.80. The number of benzene rings is 2. The summed E-state index contributed by atoms with van der Waals surface area (Å²) in [6, 6.07) is 16.0. The van der Waals surface area contributed by atoms with Crippen LogP contribution in [0.4, 0.5) is 5.69 Å². The largest absolute Gasteiger partial charge is 0.724 e. The summed E-state index contributed by atoms with van der Waals surface area (Å²) in [5.41, 5.74) is 2.02. The minimum atomic E-state index is -5.03. The van der Waals surface area contributed by atoms with E-state index in [4.69, 9.17) is 0 Å². The van der Waals surface area contributed by atoms with Crippen molar-refractivity contribution in [1.29, 1.82) is 0 Å². The lowest BCUT2D eigenvalue weighted by Crippen LogP contribution is -2.31. The number of rotatable bonds is 5. The van der Waals surface area contributed by atoms with Crippen molar-refractivity contribution in [2.45, 2.75) is 6.92 Å². The minimum absolute atomic E-state index is 0.147. The van der Waals surface area contributed by atoms with E-state index >= 15 is 0 Å². The molecule has 0 aromatic heterocycles. The molecule has 23 heavy (non-hydrogen) atoms. The molecule has 0 aliphatic heterocycles. The zero-order valence-electron chi connectivity index (χ0n) is 12.2. The number of hydroxylamine groups is 1. The molecular weight excluding hydrogens is 318 g/mol. The van der Waals surface area contributed by atoms with Crippen molar-refractivity contribution >= 4 is 34.1 Å². The molecule has 0 radical (unpaired) electrons. The van der Waals surface area contributed by atoms with E-state index in [0.717, 1.165) is 18.1 Å². The quantitative estimate of drug-likeness (QED) is 0.363. The summed E-state index contributed by atoms with van der Waals surface area (Å²) in [4.78, 5) is 11.4. The Bertz CT molecular complexity index is 798. The predicted molar refractivity (Wildman–Crippen MR) is 85.8 cm³/mol. The first kappa shape index (κ1) is 16.9. The standard InChI is InChI=1S/C16H15NO5S/c1-13(18)17(22-23(19,20)21)16-11-9-15(10-12-16)8-7-14-5-3-2-4-6-14/h2-12H,1H3,(H,19,20,21)/p-1/b8-7+. The lowest BCUT2D eigenvalue weighted by atomic mass is 10.1. The van der Waals surface area contributed by atoms with Crippen molar-refractivity contribution < 1.29 is 22.0 Å². The number of amides is 1. The van der Waals surface area contributed by atoms with Crippen molar-refractivity contribution in [2.75, 3.05) is 5.06 Å². The van der Waals surface area contributed by atoms with Crippen LogP contribution in [0.5, 0.6) is 0 Å². The van der Waals surface area contributed by atoms with E-state index in [1.807, 2.05) is 42.5 Å². The molecule has 0 bridgehead atoms. The Labute approximate surface area is 134 Å². The Morgan fingerprint density at radius 3 is 2.00 bits per heavy atom. The van der Waals surface area contributed by atoms with Gasteiger partial charge >= 0.3 is 0 Å². The van der Waals surface area contributed by atoms with Crippen LogP contribution < -0.4 is 5.06 Å². The molecule has 2 rings (SSSR count). The second-order valence-corrected chi connectivity index (χ2v) is 5.60. The molecular formula is C16H14NO5S-. The van der Waals surface area contributed by atoms with Gasteiger partial charge in [-0.25, -0.2) is 8.42 Å². The van der Waals surface area contributed by atoms with Gasteiger partial charge in [0.15, 0.2) is 0 Å². The van der Waals surface area contributed by atoms with Crippen LogP contribution in [-0.4, -0.2) is 18.9 Å². The maximum absolute atomic E-state index is 11.4. The van der Waals surface area contributed by atoms with Crippen LogP contribution in [0.3, 0.4) is 0 Å². The van der Waals surface area contributed by atoms with Gasteiger partial charge in [0.2, 0.25) is 16.3 Å². The summed E-state index contributed by atoms with van der Waals surface area (Å²) in [5, 5.41) is 0.438. The molecule has 0 atom stereocenters. The van der Waals surface area contributed by atoms with Crippen molar-refractivity contribution in [3.63, 3.8) is 0 Å². The summed E-state index contributed by atoms with van der Waals surface area (Å²) < 4.78 is 36.1. The highest BCUT2D eigenvalue weighted by atomic mass is 32.3. The zero-order valence-corrected chi connectivity index (χ0v) is 13.1. The van der Waals surface area contributed by atoms with Crippen LogP contribution in [-0.2, 0) is 19.5 Å². The van der Waals surface area contributed by atoms with Gasteiger partial charge in [0.25, 0.3) is 0 Å². The normalized spacial score (nSPS) is 11.6. The first-order valence-electron chi connectivity index (χ1n) is 6.64. The van der Waals surface area contributed by atoms with Gasteiger partial charge in [-0.15, -0.1) is 0 Å². The van der Waals surface area contributed by atoms with E-state index in [-0.39, 0.29) is 5.69 Å². The lowest BCUT2D eigenvalue weighted by molar-refractivity contribution is -0.120. The van der Waals surface area contributed by atoms with Gasteiger partial charge in [-0.1, -0.05) is 54.6 Å². The molecule has 7 heteroatoms. The highest BCUT2D eigenvalue weighted by Gasteiger charge is 2.15. The van der Waals surface area contributed by atoms with Gasteiger partial charge in [0.05, 0.1) is 5.69 Å². The van der Waals surface area contributed by atoms with E-state index in [0.29, 0.717) is 5.06 Å². The maximum atomic E-state index is 11.4. The van der Waals surface area contributed by atoms with Gasteiger partial charge in [0, 0.05) is 6.92 Å². The number of hydrogen-bond donors (Lipinski definition) is 0. The second-order valence-electron chi connectivity index (χ2n) is 4.63. The van der Waals surface area contributed by atoms with Gasteiger partial charge in [-0.3, -0.25) is 4.79 Å². The molecule has 0 saturated carbocycles. The van der Waals surface area contributed by atoms with Crippen LogP contribution in [0.1, 0.15) is 18.1 Å². The summed E-state index contributed by atoms with van der Waals surface area (Å²) in [6.45, 7) is 1.09. The van der Waals surface area contributed by atoms with Crippen molar-refractivity contribution in [3.8, 4) is 0 Å². The summed E-state index contributed by atoms with van der Waals surface area (Å²) in [5.74, 6) is -0.725. The average molecular weight is 332 g/mol. The van der Waals surface area contributed by atoms with Crippen LogP contribution in [0, 0.1) is 0 Å². The number of anilines is 1. The Hall–Kier alpha value is -2.48. The summed E-state index contributed by atoms with van der Waals surface area (Å²) >= 11 is 0. The van der Waals surface area contributed by atoms with E-state index in [1.54, 1.807) is 12.1 Å². The maximum Gasteiger partial charge on any atom is 0.248 e. The number of carbonyl (C=O) groups is 1. The topological polar surface area (TPSA) is 86.7 Å². The fraction of sp³-hybridized carbons (Fsp3) is 0.0625. The molecule has 0 saturated heterocycles. The SMILES string of the molecule is CC(=O)N(OS(=O)(=O)[O-])c1ccc(/C=C/c2ccccc2)cc1. The van der Waals surface area contributed by atoms with Gasteiger partial charge in [-0.05, 0) is 23.3 Å². The Balaban J connectivity index is 2.17. The smallest absolute Gasteiger partial charge is 0.248 e. The number of nitrogens with zero attached hydrogens (tertiary/aromatic N) is 1. The van der Waals surface area contributed by atoms with Gasteiger partial charge in [-0.2, -0.15) is 9.35 Å². The summed E-state index contributed by atoms with van der Waals surface area (Å²) in [7, 11) is -5.03. The molecule has 2 aromatic rings. The minimum Gasteiger partial charge on any atom is -0.724 e. The zero-order chi connectivity index (χ0) is 16.9. The van der Waals surface area contributed by atoms with E-state index in [2.05, 4.69) is 4.28 Å². The molecule has 2 aromatic carbocycles. The highest BCUT2D eigenvalue weighted by Crippen LogP contribution is 2.18. The van der Waals surface area contributed by atoms with Crippen molar-refractivity contribution in [3.05, 3.63) is 65.7 Å². The Morgan fingerprint density at radius 2 is 1.52 bits per heavy atom. The first-order valence-corrected chi connectivity index (χ1v) is 7.98. The molecule has 6 nitrogen and oxygen atoms in total. The molecule has 0 aliphatic rings. The molecule has 0 fully saturated rings. The molecule has 0 spiro atoms. The molecule has 120 valence electrons. The Kier molecular flexibility index (Phi) is 5.28. The third-order valence-electron chi connectivity index (χ3n) is 2.85. The monoisotopic (exact) mass is 332 g/mol. The van der Waals surface area contributed by atoms with Crippen molar-refractivity contribution in [2.24, 2.45) is 0 Å². The van der Waals surface area contributed by atoms with Crippen molar-refractivity contribution in [1.82, 2.24) is 0 Å². The van der Waals surface area contributed by atoms with Crippen LogP contribution >= 0.6 is 0 Å². The molecule has 0 unspecified atom stereocenters. The fourth-order valence-corrected chi connectivity index (χ4v) is 2.22. The van der Waals surface area contributed by atoms with Crippen LogP contribution in [0.15, 0.2) is 54.6 Å². The third-order valence-corrected chi connectivity index (χ3v) is 3.18. The van der Waals surface area contributed by atoms with Gasteiger partial charge < -0.3 is 4.55 Å². The fourth-order valence-electron chi connectivity index (χ4n) is 1.85. The van der Waals surface area contributed by atoms with Gasteiger partial charge in [0.1, 0.15) is 0 Å². The predicted octanol–water partition coefficient (Wildman–Crippen LogP) is 2.60. The summed E-state index contributed by atoms with van der Waals surface area (Å²) in [6.07, 6.45) is 3.78. The molecule has 1 amide bonds. The van der Waals surface area contributed by atoms with Crippen LogP contribution in [0.25, 0.3) is 12.2 Å².